The molecule has 0 saturated carbocycles. The normalized spacial score (nSPS) is 10.8. The fourth-order valence-corrected chi connectivity index (χ4v) is 1.53. The van der Waals surface area contributed by atoms with Crippen molar-refractivity contribution in [3.8, 4) is 5.82 Å². The van der Waals surface area contributed by atoms with Crippen LogP contribution in [0.1, 0.15) is 30.4 Å². The first-order valence-electron chi connectivity index (χ1n) is 5.37. The van der Waals surface area contributed by atoms with Crippen LogP contribution in [-0.2, 0) is 0 Å². The van der Waals surface area contributed by atoms with Crippen molar-refractivity contribution in [1.29, 1.82) is 0 Å². The number of carboxylic acid groups (broad SMARTS) is 1. The van der Waals surface area contributed by atoms with Crippen molar-refractivity contribution in [1.82, 2.24) is 19.3 Å². The number of rotatable bonds is 3. The van der Waals surface area contributed by atoms with Gasteiger partial charge in [-0.25, -0.2) is 14.5 Å². The maximum Gasteiger partial charge on any atom is 0.356 e. The van der Waals surface area contributed by atoms with E-state index in [1.165, 1.54) is 27.7 Å². The molecule has 0 fully saturated rings. The van der Waals surface area contributed by atoms with Crippen LogP contribution in [0.25, 0.3) is 5.82 Å². The second kappa shape index (κ2) is 4.44. The number of carboxylic acids is 1. The second-order valence-corrected chi connectivity index (χ2v) is 4.01. The van der Waals surface area contributed by atoms with Gasteiger partial charge in [-0.2, -0.15) is 5.10 Å². The van der Waals surface area contributed by atoms with Crippen molar-refractivity contribution in [3.05, 3.63) is 40.7 Å². The lowest BCUT2D eigenvalue weighted by Gasteiger charge is -2.10. The maximum atomic E-state index is 12.1. The molecule has 0 aromatic carbocycles. The number of nitrogens with zero attached hydrogens (tertiary/aromatic N) is 4. The summed E-state index contributed by atoms with van der Waals surface area (Å²) in [5.41, 5.74) is -0.441. The summed E-state index contributed by atoms with van der Waals surface area (Å²) in [7, 11) is 0. The molecule has 18 heavy (non-hydrogen) atoms. The fourth-order valence-electron chi connectivity index (χ4n) is 1.53. The topological polar surface area (TPSA) is 90.0 Å². The van der Waals surface area contributed by atoms with E-state index in [1.54, 1.807) is 6.20 Å². The van der Waals surface area contributed by atoms with Crippen LogP contribution >= 0.6 is 0 Å². The lowest BCUT2D eigenvalue weighted by atomic mass is 10.4. The van der Waals surface area contributed by atoms with Crippen molar-refractivity contribution in [2.75, 3.05) is 0 Å². The summed E-state index contributed by atoms with van der Waals surface area (Å²) in [6, 6.07) is 1.31. The highest BCUT2D eigenvalue weighted by Gasteiger charge is 2.12. The summed E-state index contributed by atoms with van der Waals surface area (Å²) >= 11 is 0. The minimum Gasteiger partial charge on any atom is -0.476 e. The molecule has 0 radical (unpaired) electrons. The molecule has 2 heterocycles. The van der Waals surface area contributed by atoms with Crippen molar-refractivity contribution in [3.63, 3.8) is 0 Å². The van der Waals surface area contributed by atoms with Crippen molar-refractivity contribution >= 4 is 5.97 Å². The number of hydrogen-bond donors (Lipinski definition) is 1. The Morgan fingerprint density at radius 3 is 2.67 bits per heavy atom. The molecule has 94 valence electrons. The Labute approximate surface area is 102 Å². The zero-order valence-corrected chi connectivity index (χ0v) is 9.94. The molecule has 2 aromatic rings. The van der Waals surface area contributed by atoms with Gasteiger partial charge in [0.1, 0.15) is 0 Å². The molecule has 2 rings (SSSR count). The number of aromatic carboxylic acids is 1. The zero-order chi connectivity index (χ0) is 13.3. The zero-order valence-electron chi connectivity index (χ0n) is 9.94. The monoisotopic (exact) mass is 248 g/mol. The Hall–Kier alpha value is -2.44. The Morgan fingerprint density at radius 1 is 1.39 bits per heavy atom. The van der Waals surface area contributed by atoms with Gasteiger partial charge in [-0.3, -0.25) is 4.79 Å². The third-order valence-corrected chi connectivity index (χ3v) is 2.43. The SMILES string of the molecule is CC(C)n1ccnc(-n2ccc(C(=O)O)n2)c1=O. The predicted octanol–water partition coefficient (Wildman–Crippen LogP) is 0.708. The molecule has 0 spiro atoms. The first-order chi connectivity index (χ1) is 8.50. The van der Waals surface area contributed by atoms with E-state index in [1.807, 2.05) is 13.8 Å². The Balaban J connectivity index is 2.54. The number of hydrogen-bond acceptors (Lipinski definition) is 4. The highest BCUT2D eigenvalue weighted by Crippen LogP contribution is 2.03. The van der Waals surface area contributed by atoms with Gasteiger partial charge in [0.15, 0.2) is 5.69 Å². The lowest BCUT2D eigenvalue weighted by molar-refractivity contribution is 0.0690. The molecule has 7 heteroatoms. The first kappa shape index (κ1) is 12.0. The van der Waals surface area contributed by atoms with Gasteiger partial charge < -0.3 is 9.67 Å². The van der Waals surface area contributed by atoms with Gasteiger partial charge in [0.25, 0.3) is 5.56 Å². The molecular weight excluding hydrogens is 236 g/mol. The minimum absolute atomic E-state index is 0.00578. The van der Waals surface area contributed by atoms with Crippen LogP contribution < -0.4 is 5.56 Å². The summed E-state index contributed by atoms with van der Waals surface area (Å²) in [5, 5.41) is 12.6. The predicted molar refractivity (Wildman–Crippen MR) is 63.0 cm³/mol. The van der Waals surface area contributed by atoms with Gasteiger partial charge in [0.05, 0.1) is 0 Å². The smallest absolute Gasteiger partial charge is 0.356 e. The summed E-state index contributed by atoms with van der Waals surface area (Å²) in [6.45, 7) is 3.74. The Morgan fingerprint density at radius 2 is 2.11 bits per heavy atom. The molecule has 0 bridgehead atoms. The second-order valence-electron chi connectivity index (χ2n) is 4.01. The molecule has 1 N–H and O–H groups in total. The van der Waals surface area contributed by atoms with Crippen LogP contribution in [0.4, 0.5) is 0 Å². The van der Waals surface area contributed by atoms with Gasteiger partial charge in [-0.05, 0) is 19.9 Å². The lowest BCUT2D eigenvalue weighted by Crippen LogP contribution is -2.26. The quantitative estimate of drug-likeness (QED) is 0.863. The largest absolute Gasteiger partial charge is 0.476 e. The highest BCUT2D eigenvalue weighted by molar-refractivity contribution is 5.85. The fraction of sp³-hybridized carbons (Fsp3) is 0.273. The summed E-state index contributed by atoms with van der Waals surface area (Å²) in [4.78, 5) is 26.7. The van der Waals surface area contributed by atoms with Gasteiger partial charge in [-0.15, -0.1) is 0 Å². The molecule has 0 amide bonds. The Bertz CT molecular complexity index is 642. The van der Waals surface area contributed by atoms with Crippen molar-refractivity contribution in [2.45, 2.75) is 19.9 Å². The van der Waals surface area contributed by atoms with Crippen LogP contribution in [0.5, 0.6) is 0 Å². The molecule has 7 nitrogen and oxygen atoms in total. The summed E-state index contributed by atoms with van der Waals surface area (Å²) in [6.07, 6.45) is 4.47. The van der Waals surface area contributed by atoms with Crippen LogP contribution in [0.15, 0.2) is 29.5 Å². The van der Waals surface area contributed by atoms with E-state index < -0.39 is 5.97 Å². The summed E-state index contributed by atoms with van der Waals surface area (Å²) in [5.74, 6) is -1.06. The molecule has 0 aliphatic carbocycles. The average molecular weight is 248 g/mol. The molecule has 0 aliphatic rings. The molecule has 0 saturated heterocycles. The van der Waals surface area contributed by atoms with Crippen LogP contribution in [-0.4, -0.2) is 30.4 Å². The molecule has 0 atom stereocenters. The van der Waals surface area contributed by atoms with Gasteiger partial charge in [0, 0.05) is 24.6 Å². The highest BCUT2D eigenvalue weighted by atomic mass is 16.4. The van der Waals surface area contributed by atoms with E-state index >= 15 is 0 Å². The van der Waals surface area contributed by atoms with E-state index in [0.717, 1.165) is 0 Å². The van der Waals surface area contributed by atoms with Crippen LogP contribution in [0.2, 0.25) is 0 Å². The molecule has 0 aliphatic heterocycles. The van der Waals surface area contributed by atoms with Crippen molar-refractivity contribution in [2.24, 2.45) is 0 Å². The number of carbonyl (C=O) groups is 1. The molecular formula is C11H12N4O3. The maximum absolute atomic E-state index is 12.1. The first-order valence-corrected chi connectivity index (χ1v) is 5.37. The minimum atomic E-state index is -1.14. The third kappa shape index (κ3) is 2.02. The van der Waals surface area contributed by atoms with E-state index in [0.29, 0.717) is 0 Å². The average Bonchev–Trinajstić information content (AvgIpc) is 2.78. The third-order valence-electron chi connectivity index (χ3n) is 2.43. The molecule has 2 aromatic heterocycles. The molecule has 0 unspecified atom stereocenters. The van der Waals surface area contributed by atoms with E-state index in [4.69, 9.17) is 5.11 Å². The van der Waals surface area contributed by atoms with Gasteiger partial charge >= 0.3 is 5.97 Å². The van der Waals surface area contributed by atoms with Crippen LogP contribution in [0, 0.1) is 0 Å². The van der Waals surface area contributed by atoms with Crippen LogP contribution in [0.3, 0.4) is 0 Å². The summed E-state index contributed by atoms with van der Waals surface area (Å²) < 4.78 is 2.68. The van der Waals surface area contributed by atoms with E-state index in [9.17, 15) is 9.59 Å². The van der Waals surface area contributed by atoms with E-state index in [-0.39, 0.29) is 23.1 Å². The Kier molecular flexibility index (Phi) is 2.97. The van der Waals surface area contributed by atoms with E-state index in [2.05, 4.69) is 10.1 Å². The van der Waals surface area contributed by atoms with Gasteiger partial charge in [-0.1, -0.05) is 0 Å². The van der Waals surface area contributed by atoms with Crippen molar-refractivity contribution < 1.29 is 9.90 Å². The standard InChI is InChI=1S/C11H12N4O3/c1-7(2)14-6-4-12-9(10(14)16)15-5-3-8(13-15)11(17)18/h3-7H,1-2H3,(H,17,18). The number of aromatic nitrogens is 4. The van der Waals surface area contributed by atoms with Gasteiger partial charge in [0.2, 0.25) is 5.82 Å².